The largest absolute Gasteiger partial charge is 0.357 e. The van der Waals surface area contributed by atoms with Crippen LogP contribution >= 0.6 is 11.8 Å². The molecule has 1 heterocycles. The number of likely N-dealkylation sites (tertiary alicyclic amines) is 1. The predicted octanol–water partition coefficient (Wildman–Crippen LogP) is 3.39. The van der Waals surface area contributed by atoms with Crippen molar-refractivity contribution in [3.63, 3.8) is 0 Å². The number of thioether (sulfide) groups is 1. The van der Waals surface area contributed by atoms with E-state index in [1.807, 2.05) is 18.1 Å². The van der Waals surface area contributed by atoms with Gasteiger partial charge in [0.2, 0.25) is 5.91 Å². The molecule has 1 aliphatic heterocycles. The number of carbonyl (C=O) groups excluding carboxylic acids is 1. The smallest absolute Gasteiger partial charge is 0.224 e. The second kappa shape index (κ2) is 11.9. The second-order valence-electron chi connectivity index (χ2n) is 7.31. The number of nitrogens with one attached hydrogen (secondary N) is 2. The summed E-state index contributed by atoms with van der Waals surface area (Å²) in [6.45, 7) is 7.73. The summed E-state index contributed by atoms with van der Waals surface area (Å²) in [5.41, 5.74) is 1.99. The summed E-state index contributed by atoms with van der Waals surface area (Å²) in [4.78, 5) is 19.0. The van der Waals surface area contributed by atoms with Crippen molar-refractivity contribution in [2.75, 3.05) is 32.4 Å². The van der Waals surface area contributed by atoms with E-state index < -0.39 is 0 Å². The third kappa shape index (κ3) is 7.34. The second-order valence-corrected chi connectivity index (χ2v) is 8.17. The topological polar surface area (TPSA) is 56.7 Å². The van der Waals surface area contributed by atoms with Gasteiger partial charge in [-0.2, -0.15) is 11.8 Å². The number of nitrogens with zero attached hydrogens (tertiary/aromatic N) is 2. The molecule has 5 nitrogen and oxygen atoms in total. The van der Waals surface area contributed by atoms with Crippen LogP contribution in [0.25, 0.3) is 0 Å². The minimum absolute atomic E-state index is 0.204. The van der Waals surface area contributed by atoms with Gasteiger partial charge in [-0.3, -0.25) is 4.79 Å². The molecule has 28 heavy (non-hydrogen) atoms. The lowest BCUT2D eigenvalue weighted by molar-refractivity contribution is -0.132. The maximum atomic E-state index is 13.5. The Morgan fingerprint density at radius 2 is 2.18 bits per heavy atom. The minimum atomic E-state index is -0.215. The molecule has 0 radical (unpaired) electrons. The van der Waals surface area contributed by atoms with Crippen LogP contribution in [0.3, 0.4) is 0 Å². The number of carbonyl (C=O) groups is 1. The van der Waals surface area contributed by atoms with E-state index >= 15 is 0 Å². The number of aliphatic imine (C=N–C) groups is 1. The fourth-order valence-electron chi connectivity index (χ4n) is 3.41. The molecule has 1 aromatic rings. The predicted molar refractivity (Wildman–Crippen MR) is 116 cm³/mol. The van der Waals surface area contributed by atoms with E-state index in [0.717, 1.165) is 42.9 Å². The van der Waals surface area contributed by atoms with Crippen molar-refractivity contribution >= 4 is 23.6 Å². The number of piperidine rings is 1. The fourth-order valence-corrected chi connectivity index (χ4v) is 3.99. The lowest BCUT2D eigenvalue weighted by Crippen LogP contribution is -2.42. The molecule has 2 N–H and O–H groups in total. The highest BCUT2D eigenvalue weighted by Crippen LogP contribution is 2.18. The summed E-state index contributed by atoms with van der Waals surface area (Å²) >= 11 is 1.66. The van der Waals surface area contributed by atoms with E-state index in [9.17, 15) is 9.18 Å². The highest BCUT2D eigenvalue weighted by molar-refractivity contribution is 7.97. The van der Waals surface area contributed by atoms with Gasteiger partial charge < -0.3 is 15.5 Å². The molecule has 0 aliphatic carbocycles. The van der Waals surface area contributed by atoms with Gasteiger partial charge in [-0.05, 0) is 55.2 Å². The first-order chi connectivity index (χ1) is 13.5. The lowest BCUT2D eigenvalue weighted by Gasteiger charge is -2.31. The number of amides is 1. The number of benzene rings is 1. The zero-order chi connectivity index (χ0) is 20.4. The molecule has 2 rings (SSSR count). The van der Waals surface area contributed by atoms with Gasteiger partial charge in [-0.1, -0.05) is 13.0 Å². The first-order valence-corrected chi connectivity index (χ1v) is 11.5. The summed E-state index contributed by atoms with van der Waals surface area (Å²) in [6.07, 6.45) is 4.77. The molecule has 1 aromatic carbocycles. The van der Waals surface area contributed by atoms with Crippen LogP contribution in [0.2, 0.25) is 0 Å². The SMILES string of the molecule is CCNC(=NCc1ccc(F)cc1CSC)NCCC(=O)N1CCCC(C)C1. The van der Waals surface area contributed by atoms with Crippen LogP contribution in [0, 0.1) is 11.7 Å². The molecule has 1 aliphatic rings. The molecule has 0 spiro atoms. The highest BCUT2D eigenvalue weighted by atomic mass is 32.2. The summed E-state index contributed by atoms with van der Waals surface area (Å²) in [5, 5.41) is 6.46. The number of rotatable bonds is 8. The van der Waals surface area contributed by atoms with Crippen molar-refractivity contribution in [2.24, 2.45) is 10.9 Å². The third-order valence-electron chi connectivity index (χ3n) is 4.86. The molecule has 1 amide bonds. The van der Waals surface area contributed by atoms with Crippen LogP contribution in [0.15, 0.2) is 23.2 Å². The van der Waals surface area contributed by atoms with Gasteiger partial charge >= 0.3 is 0 Å². The van der Waals surface area contributed by atoms with Gasteiger partial charge in [-0.15, -0.1) is 0 Å². The van der Waals surface area contributed by atoms with Gasteiger partial charge in [0.05, 0.1) is 6.54 Å². The van der Waals surface area contributed by atoms with Crippen LogP contribution in [0.5, 0.6) is 0 Å². The number of halogens is 1. The molecular weight excluding hydrogens is 375 g/mol. The van der Waals surface area contributed by atoms with E-state index in [-0.39, 0.29) is 11.7 Å². The van der Waals surface area contributed by atoms with Gasteiger partial charge in [0.1, 0.15) is 5.82 Å². The average Bonchev–Trinajstić information content (AvgIpc) is 2.67. The molecule has 7 heteroatoms. The summed E-state index contributed by atoms with van der Waals surface area (Å²) in [6, 6.07) is 4.86. The highest BCUT2D eigenvalue weighted by Gasteiger charge is 2.20. The van der Waals surface area contributed by atoms with Crippen LogP contribution in [0.1, 0.15) is 44.2 Å². The molecule has 1 unspecified atom stereocenters. The van der Waals surface area contributed by atoms with Gasteiger partial charge in [0.15, 0.2) is 5.96 Å². The van der Waals surface area contributed by atoms with Crippen LogP contribution in [0.4, 0.5) is 4.39 Å². The molecule has 0 bridgehead atoms. The monoisotopic (exact) mass is 408 g/mol. The molecule has 0 aromatic heterocycles. The van der Waals surface area contributed by atoms with Gasteiger partial charge in [0, 0.05) is 38.4 Å². The summed E-state index contributed by atoms with van der Waals surface area (Å²) in [5.74, 6) is 2.02. The minimum Gasteiger partial charge on any atom is -0.357 e. The Morgan fingerprint density at radius 3 is 2.89 bits per heavy atom. The number of hydrogen-bond donors (Lipinski definition) is 2. The van der Waals surface area contributed by atoms with E-state index in [1.54, 1.807) is 23.9 Å². The first kappa shape index (κ1) is 22.5. The Morgan fingerprint density at radius 1 is 1.36 bits per heavy atom. The van der Waals surface area contributed by atoms with Crippen LogP contribution in [-0.2, 0) is 17.1 Å². The van der Waals surface area contributed by atoms with Crippen molar-refractivity contribution < 1.29 is 9.18 Å². The maximum Gasteiger partial charge on any atom is 0.224 e. The maximum absolute atomic E-state index is 13.5. The Balaban J connectivity index is 1.89. The Kier molecular flexibility index (Phi) is 9.61. The third-order valence-corrected chi connectivity index (χ3v) is 5.46. The van der Waals surface area contributed by atoms with E-state index in [0.29, 0.717) is 31.4 Å². The summed E-state index contributed by atoms with van der Waals surface area (Å²) < 4.78 is 13.5. The zero-order valence-electron chi connectivity index (χ0n) is 17.3. The Hall–Kier alpha value is -1.76. The van der Waals surface area contributed by atoms with E-state index in [1.165, 1.54) is 12.5 Å². The molecular formula is C21H33FN4OS. The van der Waals surface area contributed by atoms with E-state index in [4.69, 9.17) is 0 Å². The molecule has 1 saturated heterocycles. The first-order valence-electron chi connectivity index (χ1n) is 10.1. The lowest BCUT2D eigenvalue weighted by atomic mass is 10.00. The van der Waals surface area contributed by atoms with Crippen LogP contribution in [-0.4, -0.2) is 49.2 Å². The van der Waals surface area contributed by atoms with Crippen LogP contribution < -0.4 is 10.6 Å². The zero-order valence-corrected chi connectivity index (χ0v) is 18.1. The Bertz CT molecular complexity index is 668. The van der Waals surface area contributed by atoms with Crippen molar-refractivity contribution in [1.82, 2.24) is 15.5 Å². The van der Waals surface area contributed by atoms with Gasteiger partial charge in [-0.25, -0.2) is 9.38 Å². The van der Waals surface area contributed by atoms with Crippen molar-refractivity contribution in [1.29, 1.82) is 0 Å². The fraction of sp³-hybridized carbons (Fsp3) is 0.619. The standard InChI is InChI=1S/C21H33FN4OS/c1-4-23-21(24-10-9-20(27)26-11-5-6-16(2)14-26)25-13-17-7-8-19(22)12-18(17)15-28-3/h7-8,12,16H,4-6,9-11,13-15H2,1-3H3,(H2,23,24,25). The average molecular weight is 409 g/mol. The number of hydrogen-bond acceptors (Lipinski definition) is 3. The molecule has 156 valence electrons. The molecule has 1 fully saturated rings. The number of guanidine groups is 1. The quantitative estimate of drug-likeness (QED) is 0.511. The van der Waals surface area contributed by atoms with Crippen molar-refractivity contribution in [2.45, 2.75) is 45.4 Å². The van der Waals surface area contributed by atoms with Crippen molar-refractivity contribution in [3.8, 4) is 0 Å². The summed E-state index contributed by atoms with van der Waals surface area (Å²) in [7, 11) is 0. The van der Waals surface area contributed by atoms with Crippen molar-refractivity contribution in [3.05, 3.63) is 35.1 Å². The Labute approximate surface area is 172 Å². The molecule has 1 atom stereocenters. The molecule has 0 saturated carbocycles. The van der Waals surface area contributed by atoms with Gasteiger partial charge in [0.25, 0.3) is 0 Å². The normalized spacial score (nSPS) is 17.5. The van der Waals surface area contributed by atoms with E-state index in [2.05, 4.69) is 22.5 Å².